The molecule has 1 fully saturated rings. The molecular weight excluding hydrogens is 454 g/mol. The summed E-state index contributed by atoms with van der Waals surface area (Å²) in [6.07, 6.45) is 4.55. The average Bonchev–Trinajstić information content (AvgIpc) is 2.76. The highest BCUT2D eigenvalue weighted by Gasteiger charge is 2.35. The van der Waals surface area contributed by atoms with E-state index in [9.17, 15) is 9.90 Å². The molecule has 3 rings (SSSR count). The van der Waals surface area contributed by atoms with Crippen LogP contribution in [-0.4, -0.2) is 46.3 Å². The van der Waals surface area contributed by atoms with Gasteiger partial charge in [0.25, 0.3) is 0 Å². The van der Waals surface area contributed by atoms with Gasteiger partial charge >= 0.3 is 5.97 Å². The first kappa shape index (κ1) is 27.9. The minimum atomic E-state index is -1.13. The van der Waals surface area contributed by atoms with Crippen molar-refractivity contribution in [2.45, 2.75) is 86.9 Å². The summed E-state index contributed by atoms with van der Waals surface area (Å²) in [5, 5.41) is 10.3. The van der Waals surface area contributed by atoms with Crippen molar-refractivity contribution in [1.29, 1.82) is 0 Å². The zero-order valence-corrected chi connectivity index (χ0v) is 23.4. The monoisotopic (exact) mass is 497 g/mol. The van der Waals surface area contributed by atoms with Gasteiger partial charge < -0.3 is 19.5 Å². The van der Waals surface area contributed by atoms with Gasteiger partial charge in [0.2, 0.25) is 5.88 Å². The fraction of sp³-hybridized carbons (Fsp3) is 0.621. The van der Waals surface area contributed by atoms with Crippen molar-refractivity contribution in [3.63, 3.8) is 0 Å². The number of anilines is 1. The summed E-state index contributed by atoms with van der Waals surface area (Å²) in [6.45, 7) is 20.5. The van der Waals surface area contributed by atoms with Gasteiger partial charge in [-0.25, -0.2) is 9.78 Å². The summed E-state index contributed by atoms with van der Waals surface area (Å²) in [5.74, 6) is 0.00579. The maximum Gasteiger partial charge on any atom is 0.337 e. The van der Waals surface area contributed by atoms with Crippen LogP contribution in [-0.2, 0) is 9.53 Å². The van der Waals surface area contributed by atoms with Crippen LogP contribution in [0.5, 0.6) is 5.88 Å². The fourth-order valence-corrected chi connectivity index (χ4v) is 4.50. The number of piperidine rings is 1. The number of pyridine rings is 2. The van der Waals surface area contributed by atoms with Crippen LogP contribution in [0.3, 0.4) is 0 Å². The van der Waals surface area contributed by atoms with Gasteiger partial charge in [0.15, 0.2) is 6.10 Å². The Hall–Kier alpha value is -2.67. The van der Waals surface area contributed by atoms with Crippen molar-refractivity contribution < 1.29 is 19.4 Å². The van der Waals surface area contributed by atoms with Crippen molar-refractivity contribution in [3.8, 4) is 17.0 Å². The SMILES string of the molecule is Cc1cc(-c2cnc(C)c(C(OC(C)(C)C)C(=O)O)c2N2CCC(C)(C)CC2)cnc1OCC(C)C. The Morgan fingerprint density at radius 2 is 1.78 bits per heavy atom. The van der Waals surface area contributed by atoms with Crippen LogP contribution in [0.4, 0.5) is 5.69 Å². The number of rotatable bonds is 8. The van der Waals surface area contributed by atoms with E-state index in [1.165, 1.54) is 0 Å². The highest BCUT2D eigenvalue weighted by atomic mass is 16.5. The number of hydrogen-bond donors (Lipinski definition) is 1. The van der Waals surface area contributed by atoms with Crippen molar-refractivity contribution >= 4 is 11.7 Å². The second-order valence-electron chi connectivity index (χ2n) is 12.2. The molecule has 36 heavy (non-hydrogen) atoms. The molecule has 2 aromatic rings. The van der Waals surface area contributed by atoms with E-state index in [1.54, 1.807) is 6.20 Å². The molecule has 0 saturated carbocycles. The smallest absolute Gasteiger partial charge is 0.337 e. The van der Waals surface area contributed by atoms with Crippen LogP contribution in [0.2, 0.25) is 0 Å². The van der Waals surface area contributed by atoms with E-state index in [4.69, 9.17) is 9.47 Å². The van der Waals surface area contributed by atoms with E-state index in [-0.39, 0.29) is 5.41 Å². The van der Waals surface area contributed by atoms with Gasteiger partial charge in [0, 0.05) is 53.4 Å². The number of aryl methyl sites for hydroxylation is 2. The van der Waals surface area contributed by atoms with Crippen LogP contribution in [0.25, 0.3) is 11.1 Å². The highest BCUT2D eigenvalue weighted by Crippen LogP contribution is 2.43. The molecule has 0 bridgehead atoms. The lowest BCUT2D eigenvalue weighted by molar-refractivity contribution is -0.160. The number of hydrogen-bond acceptors (Lipinski definition) is 6. The molecule has 1 aliphatic rings. The third-order valence-electron chi connectivity index (χ3n) is 6.57. The maximum absolute atomic E-state index is 12.5. The van der Waals surface area contributed by atoms with E-state index in [0.717, 1.165) is 48.3 Å². The molecule has 7 heteroatoms. The lowest BCUT2D eigenvalue weighted by Crippen LogP contribution is -2.39. The number of carboxylic acids is 1. The van der Waals surface area contributed by atoms with E-state index in [2.05, 4.69) is 48.6 Å². The highest BCUT2D eigenvalue weighted by molar-refractivity contribution is 5.86. The van der Waals surface area contributed by atoms with Crippen molar-refractivity contribution in [2.75, 3.05) is 24.6 Å². The van der Waals surface area contributed by atoms with Crippen molar-refractivity contribution in [3.05, 3.63) is 35.3 Å². The number of nitrogens with zero attached hydrogens (tertiary/aromatic N) is 3. The van der Waals surface area contributed by atoms with E-state index in [0.29, 0.717) is 29.7 Å². The minimum Gasteiger partial charge on any atom is -0.479 e. The average molecular weight is 498 g/mol. The van der Waals surface area contributed by atoms with Crippen molar-refractivity contribution in [1.82, 2.24) is 9.97 Å². The van der Waals surface area contributed by atoms with Crippen LogP contribution in [0, 0.1) is 25.2 Å². The first-order valence-electron chi connectivity index (χ1n) is 12.9. The molecule has 1 unspecified atom stereocenters. The lowest BCUT2D eigenvalue weighted by atomic mass is 9.82. The number of aliphatic carboxylic acids is 1. The third-order valence-corrected chi connectivity index (χ3v) is 6.57. The van der Waals surface area contributed by atoms with Crippen LogP contribution < -0.4 is 9.64 Å². The topological polar surface area (TPSA) is 84.8 Å². The quantitative estimate of drug-likeness (QED) is 0.454. The predicted octanol–water partition coefficient (Wildman–Crippen LogP) is 6.36. The second-order valence-corrected chi connectivity index (χ2v) is 12.2. The normalized spacial score (nSPS) is 16.8. The Labute approximate surface area is 216 Å². The Kier molecular flexibility index (Phi) is 8.33. The molecule has 1 N–H and O–H groups in total. The summed E-state index contributed by atoms with van der Waals surface area (Å²) in [4.78, 5) is 24.1. The van der Waals surface area contributed by atoms with Gasteiger partial charge in [0.1, 0.15) is 0 Å². The molecule has 0 aromatic carbocycles. The Morgan fingerprint density at radius 1 is 1.14 bits per heavy atom. The van der Waals surface area contributed by atoms with Gasteiger partial charge in [-0.05, 0) is 64.9 Å². The molecule has 198 valence electrons. The lowest BCUT2D eigenvalue weighted by Gasteiger charge is -2.41. The van der Waals surface area contributed by atoms with Gasteiger partial charge in [-0.2, -0.15) is 0 Å². The number of aromatic nitrogens is 2. The summed E-state index contributed by atoms with van der Waals surface area (Å²) in [6, 6.07) is 2.05. The molecule has 1 atom stereocenters. The zero-order valence-electron chi connectivity index (χ0n) is 23.4. The molecule has 1 aliphatic heterocycles. The van der Waals surface area contributed by atoms with Gasteiger partial charge in [-0.3, -0.25) is 4.98 Å². The number of carboxylic acid groups (broad SMARTS) is 1. The zero-order chi connectivity index (χ0) is 26.8. The Morgan fingerprint density at radius 3 is 2.31 bits per heavy atom. The second kappa shape index (κ2) is 10.8. The predicted molar refractivity (Wildman–Crippen MR) is 144 cm³/mol. The van der Waals surface area contributed by atoms with Gasteiger partial charge in [-0.1, -0.05) is 27.7 Å². The standard InChI is InChI=1S/C29H43N3O4/c1-18(2)17-35-26-19(3)14-21(15-31-26)22-16-30-20(4)23(25(27(33)34)36-28(5,6)7)24(22)32-12-10-29(8,9)11-13-32/h14-16,18,25H,10-13,17H2,1-9H3,(H,33,34). The summed E-state index contributed by atoms with van der Waals surface area (Å²) < 4.78 is 12.0. The molecule has 0 aliphatic carbocycles. The molecular formula is C29H43N3O4. The Balaban J connectivity index is 2.18. The molecule has 0 radical (unpaired) electrons. The molecule has 3 heterocycles. The van der Waals surface area contributed by atoms with Gasteiger partial charge in [0.05, 0.1) is 17.9 Å². The van der Waals surface area contributed by atoms with Crippen LogP contribution in [0.15, 0.2) is 18.5 Å². The van der Waals surface area contributed by atoms with Crippen LogP contribution in [0.1, 0.15) is 84.2 Å². The summed E-state index contributed by atoms with van der Waals surface area (Å²) in [7, 11) is 0. The summed E-state index contributed by atoms with van der Waals surface area (Å²) >= 11 is 0. The number of carbonyl (C=O) groups is 1. The summed E-state index contributed by atoms with van der Waals surface area (Å²) in [5.41, 5.74) is 4.46. The number of ether oxygens (including phenoxy) is 2. The molecule has 0 amide bonds. The largest absolute Gasteiger partial charge is 0.479 e. The van der Waals surface area contributed by atoms with E-state index >= 15 is 0 Å². The molecule has 7 nitrogen and oxygen atoms in total. The van der Waals surface area contributed by atoms with Crippen LogP contribution >= 0.6 is 0 Å². The Bertz CT molecular complexity index is 1080. The first-order valence-corrected chi connectivity index (χ1v) is 12.9. The first-order chi connectivity index (χ1) is 16.7. The minimum absolute atomic E-state index is 0.251. The maximum atomic E-state index is 12.5. The fourth-order valence-electron chi connectivity index (χ4n) is 4.50. The van der Waals surface area contributed by atoms with E-state index in [1.807, 2.05) is 40.8 Å². The van der Waals surface area contributed by atoms with Crippen molar-refractivity contribution in [2.24, 2.45) is 11.3 Å². The third kappa shape index (κ3) is 6.75. The van der Waals surface area contributed by atoms with Gasteiger partial charge in [-0.15, -0.1) is 0 Å². The molecule has 2 aromatic heterocycles. The molecule has 1 saturated heterocycles. The van der Waals surface area contributed by atoms with E-state index < -0.39 is 17.7 Å². The molecule has 0 spiro atoms.